The molecular weight excluding hydrogens is 338 g/mol. The van der Waals surface area contributed by atoms with Crippen LogP contribution >= 0.6 is 0 Å². The molecule has 27 heavy (non-hydrogen) atoms. The second-order valence-electron chi connectivity index (χ2n) is 6.52. The third-order valence-electron chi connectivity index (χ3n) is 4.69. The van der Waals surface area contributed by atoms with Crippen molar-refractivity contribution >= 4 is 11.5 Å². The molecule has 0 unspecified atom stereocenters. The molecule has 0 radical (unpaired) electrons. The molecule has 1 aromatic carbocycles. The molecule has 4 rings (SSSR count). The average molecular weight is 359 g/mol. The largest absolute Gasteiger partial charge is 0.387 e. The molecule has 4 aromatic rings. The van der Waals surface area contributed by atoms with Crippen LogP contribution < -0.4 is 5.32 Å². The molecule has 0 amide bonds. The van der Waals surface area contributed by atoms with Gasteiger partial charge in [-0.1, -0.05) is 30.3 Å². The van der Waals surface area contributed by atoms with E-state index in [1.54, 1.807) is 16.9 Å². The Bertz CT molecular complexity index is 1060. The number of anilines is 1. The van der Waals surface area contributed by atoms with Crippen LogP contribution in [0.5, 0.6) is 0 Å². The molecule has 3 heterocycles. The third kappa shape index (κ3) is 3.39. The Hall–Kier alpha value is -3.25. The minimum Gasteiger partial charge on any atom is -0.387 e. The summed E-state index contributed by atoms with van der Waals surface area (Å²) >= 11 is 0. The Morgan fingerprint density at radius 3 is 2.56 bits per heavy atom. The molecule has 136 valence electrons. The second-order valence-corrected chi connectivity index (χ2v) is 6.52. The highest BCUT2D eigenvalue weighted by atomic mass is 16.3. The zero-order valence-corrected chi connectivity index (χ0v) is 15.3. The van der Waals surface area contributed by atoms with Gasteiger partial charge in [-0.15, -0.1) is 0 Å². The predicted octanol–water partition coefficient (Wildman–Crippen LogP) is 3.55. The van der Waals surface area contributed by atoms with E-state index in [0.29, 0.717) is 6.54 Å². The summed E-state index contributed by atoms with van der Waals surface area (Å²) in [7, 11) is 0. The topological polar surface area (TPSA) is 75.3 Å². The van der Waals surface area contributed by atoms with Crippen LogP contribution in [0.1, 0.15) is 22.9 Å². The Labute approximate surface area is 157 Å². The predicted molar refractivity (Wildman–Crippen MR) is 106 cm³/mol. The van der Waals surface area contributed by atoms with Crippen LogP contribution in [0.15, 0.2) is 60.9 Å². The molecule has 3 aromatic heterocycles. The monoisotopic (exact) mass is 359 g/mol. The molecular formula is C21H21N5O. The summed E-state index contributed by atoms with van der Waals surface area (Å²) in [5.74, 6) is 0.795. The lowest BCUT2D eigenvalue weighted by molar-refractivity contribution is 0.191. The molecule has 6 heteroatoms. The van der Waals surface area contributed by atoms with Crippen molar-refractivity contribution < 1.29 is 5.11 Å². The van der Waals surface area contributed by atoms with Crippen molar-refractivity contribution in [1.29, 1.82) is 0 Å². The van der Waals surface area contributed by atoms with Crippen molar-refractivity contribution in [3.05, 3.63) is 77.7 Å². The molecule has 0 aliphatic carbocycles. The first kappa shape index (κ1) is 17.2. The van der Waals surface area contributed by atoms with Gasteiger partial charge in [0.05, 0.1) is 17.5 Å². The molecule has 0 saturated heterocycles. The van der Waals surface area contributed by atoms with E-state index < -0.39 is 6.10 Å². The normalized spacial score (nSPS) is 12.3. The Balaban J connectivity index is 1.71. The number of rotatable bonds is 5. The highest BCUT2D eigenvalue weighted by Gasteiger charge is 2.14. The van der Waals surface area contributed by atoms with Crippen LogP contribution in [0.25, 0.3) is 16.9 Å². The van der Waals surface area contributed by atoms with Crippen LogP contribution in [0.3, 0.4) is 0 Å². The molecule has 0 saturated carbocycles. The van der Waals surface area contributed by atoms with Crippen molar-refractivity contribution in [3.63, 3.8) is 0 Å². The van der Waals surface area contributed by atoms with Gasteiger partial charge in [0.1, 0.15) is 5.82 Å². The van der Waals surface area contributed by atoms with Crippen molar-refractivity contribution in [2.75, 3.05) is 11.9 Å². The van der Waals surface area contributed by atoms with Gasteiger partial charge in [-0.05, 0) is 31.5 Å². The fraction of sp³-hybridized carbons (Fsp3) is 0.190. The maximum absolute atomic E-state index is 10.5. The number of aromatic nitrogens is 4. The van der Waals surface area contributed by atoms with E-state index in [9.17, 15) is 5.11 Å². The maximum Gasteiger partial charge on any atom is 0.161 e. The van der Waals surface area contributed by atoms with Crippen LogP contribution in [0.2, 0.25) is 0 Å². The molecule has 1 atom stereocenters. The quantitative estimate of drug-likeness (QED) is 0.570. The molecule has 0 aliphatic rings. The smallest absolute Gasteiger partial charge is 0.161 e. The van der Waals surface area contributed by atoms with Crippen LogP contribution in [-0.2, 0) is 0 Å². The lowest BCUT2D eigenvalue weighted by Gasteiger charge is -2.15. The SMILES string of the molecule is Cc1nn2c(NC[C@@H](O)c3ccncc3)cc(-c3ccccc3)nc2c1C. The van der Waals surface area contributed by atoms with E-state index in [0.717, 1.165) is 39.5 Å². The lowest BCUT2D eigenvalue weighted by Crippen LogP contribution is -2.15. The van der Waals surface area contributed by atoms with E-state index in [-0.39, 0.29) is 0 Å². The Kier molecular flexibility index (Phi) is 4.56. The number of aryl methyl sites for hydroxylation is 2. The zero-order valence-electron chi connectivity index (χ0n) is 15.3. The summed E-state index contributed by atoms with van der Waals surface area (Å²) in [5.41, 5.74) is 5.52. The lowest BCUT2D eigenvalue weighted by atomic mass is 10.1. The van der Waals surface area contributed by atoms with Gasteiger partial charge in [0.25, 0.3) is 0 Å². The van der Waals surface area contributed by atoms with Gasteiger partial charge in [-0.25, -0.2) is 4.98 Å². The van der Waals surface area contributed by atoms with Gasteiger partial charge in [0.2, 0.25) is 0 Å². The summed E-state index contributed by atoms with van der Waals surface area (Å²) in [6.45, 7) is 4.35. The molecule has 0 spiro atoms. The van der Waals surface area contributed by atoms with Gasteiger partial charge in [0, 0.05) is 36.1 Å². The highest BCUT2D eigenvalue weighted by Crippen LogP contribution is 2.25. The number of aliphatic hydroxyl groups excluding tert-OH is 1. The fourth-order valence-electron chi connectivity index (χ4n) is 3.02. The standard InChI is InChI=1S/C21H21N5O/c1-14-15(2)25-26-20(23-13-19(27)17-8-10-22-11-9-17)12-18(24-21(14)26)16-6-4-3-5-7-16/h3-12,19,23,27H,13H2,1-2H3/t19-/m1/s1. The van der Waals surface area contributed by atoms with Gasteiger partial charge in [0.15, 0.2) is 5.65 Å². The third-order valence-corrected chi connectivity index (χ3v) is 4.69. The number of benzene rings is 1. The van der Waals surface area contributed by atoms with Crippen molar-refractivity contribution in [2.45, 2.75) is 20.0 Å². The summed E-state index contributed by atoms with van der Waals surface area (Å²) in [5, 5.41) is 18.4. The number of nitrogens with zero attached hydrogens (tertiary/aromatic N) is 4. The van der Waals surface area contributed by atoms with Gasteiger partial charge in [-0.2, -0.15) is 9.61 Å². The number of hydrogen-bond donors (Lipinski definition) is 2. The van der Waals surface area contributed by atoms with Gasteiger partial charge >= 0.3 is 0 Å². The Morgan fingerprint density at radius 1 is 1.07 bits per heavy atom. The molecule has 0 fully saturated rings. The highest BCUT2D eigenvalue weighted by molar-refractivity contribution is 5.68. The molecule has 2 N–H and O–H groups in total. The number of nitrogens with one attached hydrogen (secondary N) is 1. The first-order valence-corrected chi connectivity index (χ1v) is 8.88. The van der Waals surface area contributed by atoms with E-state index in [1.807, 2.05) is 62.4 Å². The first-order valence-electron chi connectivity index (χ1n) is 8.88. The van der Waals surface area contributed by atoms with E-state index in [2.05, 4.69) is 15.4 Å². The molecule has 0 aliphatic heterocycles. The minimum atomic E-state index is -0.644. The van der Waals surface area contributed by atoms with Crippen LogP contribution in [0, 0.1) is 13.8 Å². The average Bonchev–Trinajstić information content (AvgIpc) is 3.01. The van der Waals surface area contributed by atoms with E-state index in [1.165, 1.54) is 0 Å². The summed E-state index contributed by atoms with van der Waals surface area (Å²) in [6, 6.07) is 15.6. The summed E-state index contributed by atoms with van der Waals surface area (Å²) in [4.78, 5) is 8.79. The van der Waals surface area contributed by atoms with Crippen molar-refractivity contribution in [3.8, 4) is 11.3 Å². The minimum absolute atomic E-state index is 0.356. The van der Waals surface area contributed by atoms with Gasteiger partial charge < -0.3 is 10.4 Å². The number of pyridine rings is 1. The number of hydrogen-bond acceptors (Lipinski definition) is 5. The zero-order chi connectivity index (χ0) is 18.8. The van der Waals surface area contributed by atoms with Crippen molar-refractivity contribution in [2.24, 2.45) is 0 Å². The van der Waals surface area contributed by atoms with E-state index in [4.69, 9.17) is 4.98 Å². The van der Waals surface area contributed by atoms with Crippen LogP contribution in [-0.4, -0.2) is 31.2 Å². The number of fused-ring (bicyclic) bond motifs is 1. The first-order chi connectivity index (χ1) is 13.1. The summed E-state index contributed by atoms with van der Waals surface area (Å²) < 4.78 is 1.80. The van der Waals surface area contributed by atoms with E-state index >= 15 is 0 Å². The maximum atomic E-state index is 10.5. The van der Waals surface area contributed by atoms with Crippen LogP contribution in [0.4, 0.5) is 5.82 Å². The Morgan fingerprint density at radius 2 is 1.81 bits per heavy atom. The number of aliphatic hydroxyl groups is 1. The molecule has 6 nitrogen and oxygen atoms in total. The fourth-order valence-corrected chi connectivity index (χ4v) is 3.02. The molecule has 0 bridgehead atoms. The van der Waals surface area contributed by atoms with Gasteiger partial charge in [-0.3, -0.25) is 4.98 Å². The second kappa shape index (κ2) is 7.17. The van der Waals surface area contributed by atoms with Crippen molar-refractivity contribution in [1.82, 2.24) is 19.6 Å². The summed E-state index contributed by atoms with van der Waals surface area (Å²) in [6.07, 6.45) is 2.71.